The van der Waals surface area contributed by atoms with Crippen LogP contribution >= 0.6 is 0 Å². The minimum absolute atomic E-state index is 0.368. The molecule has 6 fully saturated rings. The number of hydrogen-bond donors (Lipinski definition) is 0. The van der Waals surface area contributed by atoms with E-state index in [-0.39, 0.29) is 0 Å². The van der Waals surface area contributed by atoms with Gasteiger partial charge in [0.2, 0.25) is 0 Å². The topological polar surface area (TPSA) is 25.1 Å². The molecule has 2 atom stereocenters. The van der Waals surface area contributed by atoms with Crippen LogP contribution in [0.5, 0.6) is 0 Å². The van der Waals surface area contributed by atoms with Crippen LogP contribution in [0.15, 0.2) is 66.7 Å². The summed E-state index contributed by atoms with van der Waals surface area (Å²) in [6.07, 6.45) is 11.5. The van der Waals surface area contributed by atoms with Crippen molar-refractivity contribution in [2.45, 2.75) is 69.0 Å². The molecule has 36 heavy (non-hydrogen) atoms. The van der Waals surface area contributed by atoms with Crippen LogP contribution in [0.3, 0.4) is 0 Å². The van der Waals surface area contributed by atoms with Gasteiger partial charge in [-0.3, -0.25) is 0 Å². The van der Waals surface area contributed by atoms with E-state index < -0.39 is 0 Å². The largest absolute Gasteiger partial charge is 0.373 e. The van der Waals surface area contributed by atoms with Crippen LogP contribution in [0.2, 0.25) is 0 Å². The molecule has 2 aliphatic heterocycles. The fraction of sp³-hybridized carbons (Fsp3) is 0.471. The van der Waals surface area contributed by atoms with Crippen molar-refractivity contribution in [2.24, 2.45) is 17.8 Å². The molecule has 4 bridgehead atoms. The molecule has 184 valence electrons. The first kappa shape index (κ1) is 21.6. The van der Waals surface area contributed by atoms with Crippen LogP contribution in [-0.2, 0) is 27.7 Å². The van der Waals surface area contributed by atoms with Crippen molar-refractivity contribution in [3.63, 3.8) is 0 Å². The van der Waals surface area contributed by atoms with Gasteiger partial charge >= 0.3 is 0 Å². The lowest BCUT2D eigenvalue weighted by molar-refractivity contribution is -0.00491. The zero-order valence-corrected chi connectivity index (χ0v) is 21.1. The maximum absolute atomic E-state index is 5.67. The summed E-state index contributed by atoms with van der Waals surface area (Å²) < 4.78 is 11.3. The van der Waals surface area contributed by atoms with Gasteiger partial charge in [0.15, 0.2) is 0 Å². The predicted octanol–water partition coefficient (Wildman–Crippen LogP) is 7.37. The highest BCUT2D eigenvalue weighted by molar-refractivity contribution is 5.79. The van der Waals surface area contributed by atoms with Gasteiger partial charge in [-0.1, -0.05) is 60.7 Å². The highest BCUT2D eigenvalue weighted by Crippen LogP contribution is 2.62. The molecule has 4 saturated carbocycles. The van der Waals surface area contributed by atoms with Gasteiger partial charge in [-0.2, -0.15) is 0 Å². The fourth-order valence-corrected chi connectivity index (χ4v) is 8.64. The predicted molar refractivity (Wildman–Crippen MR) is 144 cm³/mol. The first-order valence-corrected chi connectivity index (χ1v) is 14.3. The van der Waals surface area contributed by atoms with Crippen molar-refractivity contribution >= 4 is 0 Å². The van der Waals surface area contributed by atoms with Crippen LogP contribution in [0, 0.1) is 17.8 Å². The molecule has 3 aromatic carbocycles. The third kappa shape index (κ3) is 3.85. The lowest BCUT2D eigenvalue weighted by Gasteiger charge is -2.57. The van der Waals surface area contributed by atoms with E-state index in [9.17, 15) is 0 Å². The maximum atomic E-state index is 5.67. The minimum Gasteiger partial charge on any atom is -0.373 e. The molecule has 0 aromatic heterocycles. The molecule has 9 rings (SSSR count). The van der Waals surface area contributed by atoms with Crippen LogP contribution in [-0.4, -0.2) is 25.4 Å². The Balaban J connectivity index is 1.29. The number of benzene rings is 3. The van der Waals surface area contributed by atoms with E-state index in [1.165, 1.54) is 71.9 Å². The van der Waals surface area contributed by atoms with E-state index in [0.717, 1.165) is 43.8 Å². The Morgan fingerprint density at radius 2 is 1.14 bits per heavy atom. The van der Waals surface area contributed by atoms with Crippen LogP contribution in [0.25, 0.3) is 22.3 Å². The molecule has 2 saturated heterocycles. The molecule has 4 aliphatic carbocycles. The zero-order valence-electron chi connectivity index (χ0n) is 21.1. The Hall–Kier alpha value is -2.42. The third-order valence-corrected chi connectivity index (χ3v) is 9.96. The molecule has 2 nitrogen and oxygen atoms in total. The van der Waals surface area contributed by atoms with Gasteiger partial charge in [0.05, 0.1) is 25.4 Å². The van der Waals surface area contributed by atoms with Gasteiger partial charge in [0.1, 0.15) is 0 Å². The number of ether oxygens (including phenoxy) is 2. The summed E-state index contributed by atoms with van der Waals surface area (Å²) in [6, 6.07) is 25.7. The molecular formula is C34H36O2. The zero-order chi connectivity index (χ0) is 23.7. The molecule has 0 radical (unpaired) electrons. The summed E-state index contributed by atoms with van der Waals surface area (Å²) in [5.74, 6) is 2.83. The van der Waals surface area contributed by atoms with Gasteiger partial charge in [0.25, 0.3) is 0 Å². The summed E-state index contributed by atoms with van der Waals surface area (Å²) in [5.41, 5.74) is 10.5. The lowest BCUT2D eigenvalue weighted by Crippen LogP contribution is -2.48. The highest BCUT2D eigenvalue weighted by atomic mass is 16.6. The van der Waals surface area contributed by atoms with Gasteiger partial charge in [-0.15, -0.1) is 0 Å². The normalized spacial score (nSPS) is 33.6. The number of rotatable bonds is 7. The van der Waals surface area contributed by atoms with E-state index in [1.54, 1.807) is 5.56 Å². The lowest BCUT2D eigenvalue weighted by atomic mass is 9.47. The molecule has 0 amide bonds. The molecule has 3 aromatic rings. The average molecular weight is 477 g/mol. The summed E-state index contributed by atoms with van der Waals surface area (Å²) in [6.45, 7) is 1.81. The van der Waals surface area contributed by atoms with Crippen molar-refractivity contribution in [1.82, 2.24) is 0 Å². The quantitative estimate of drug-likeness (QED) is 0.333. The second-order valence-corrected chi connectivity index (χ2v) is 12.6. The van der Waals surface area contributed by atoms with Crippen molar-refractivity contribution in [2.75, 3.05) is 13.2 Å². The molecule has 2 unspecified atom stereocenters. The second kappa shape index (κ2) is 8.30. The minimum atomic E-state index is 0.368. The van der Waals surface area contributed by atoms with Gasteiger partial charge in [-0.05, 0) is 107 Å². The van der Waals surface area contributed by atoms with E-state index in [2.05, 4.69) is 66.7 Å². The Labute approximate surface area is 215 Å². The molecule has 2 heteroatoms. The van der Waals surface area contributed by atoms with Crippen LogP contribution in [0.4, 0.5) is 0 Å². The van der Waals surface area contributed by atoms with Crippen molar-refractivity contribution in [1.29, 1.82) is 0 Å². The summed E-state index contributed by atoms with van der Waals surface area (Å²) in [4.78, 5) is 0. The van der Waals surface area contributed by atoms with Crippen LogP contribution in [0.1, 0.15) is 55.2 Å². The highest BCUT2D eigenvalue weighted by Gasteiger charge is 2.52. The van der Waals surface area contributed by atoms with Gasteiger partial charge in [0, 0.05) is 12.8 Å². The van der Waals surface area contributed by atoms with E-state index in [1.807, 2.05) is 0 Å². The third-order valence-electron chi connectivity index (χ3n) is 9.96. The smallest absolute Gasteiger partial charge is 0.0850 e. The summed E-state index contributed by atoms with van der Waals surface area (Å²) in [5, 5.41) is 0. The van der Waals surface area contributed by atoms with Crippen molar-refractivity contribution < 1.29 is 9.47 Å². The van der Waals surface area contributed by atoms with E-state index >= 15 is 0 Å². The summed E-state index contributed by atoms with van der Waals surface area (Å²) in [7, 11) is 0. The molecule has 2 heterocycles. The Kier molecular flexibility index (Phi) is 4.99. The Bertz CT molecular complexity index is 1260. The molecule has 0 spiro atoms. The fourth-order valence-electron chi connectivity index (χ4n) is 8.64. The molecule has 0 N–H and O–H groups in total. The van der Waals surface area contributed by atoms with E-state index in [0.29, 0.717) is 17.6 Å². The number of hydrogen-bond acceptors (Lipinski definition) is 2. The number of epoxide rings is 2. The molecule has 6 aliphatic rings. The Morgan fingerprint density at radius 3 is 1.72 bits per heavy atom. The SMILES string of the molecule is c1ccc(-c2ccc(C34CC5CC(CC(C5)C3)C4)c(-c3ccccc3CC3CO3)c2)c(CC2CO2)c1. The van der Waals surface area contributed by atoms with Gasteiger partial charge < -0.3 is 9.47 Å². The van der Waals surface area contributed by atoms with Gasteiger partial charge in [-0.25, -0.2) is 0 Å². The van der Waals surface area contributed by atoms with Crippen LogP contribution < -0.4 is 0 Å². The Morgan fingerprint density at radius 1 is 0.611 bits per heavy atom. The standard InChI is InChI=1S/C34H36O2/c1-3-7-30(25(5-1)14-28-20-35-28)27-9-10-33(34-17-22-11-23(18-34)13-24(12-22)19-34)32(16-27)31-8-4-2-6-26(31)15-29-21-36-29/h1-10,16,22-24,28-29H,11-15,17-21H2. The first-order chi connectivity index (χ1) is 17.7. The van der Waals surface area contributed by atoms with Crippen molar-refractivity contribution in [3.05, 3.63) is 83.4 Å². The molecular weight excluding hydrogens is 440 g/mol. The second-order valence-electron chi connectivity index (χ2n) is 12.6. The van der Waals surface area contributed by atoms with E-state index in [4.69, 9.17) is 9.47 Å². The van der Waals surface area contributed by atoms with Crippen molar-refractivity contribution in [3.8, 4) is 22.3 Å². The summed E-state index contributed by atoms with van der Waals surface area (Å²) >= 11 is 0. The maximum Gasteiger partial charge on any atom is 0.0850 e. The monoisotopic (exact) mass is 476 g/mol. The average Bonchev–Trinajstić information content (AvgIpc) is 3.81. The first-order valence-electron chi connectivity index (χ1n) is 14.3.